The van der Waals surface area contributed by atoms with Crippen molar-refractivity contribution in [2.45, 2.75) is 124 Å². The Labute approximate surface area is 171 Å². The fourth-order valence-electron chi connectivity index (χ4n) is 4.02. The second-order valence-electron chi connectivity index (χ2n) is 9.66. The number of unbranched alkanes of at least 4 members (excludes halogenated alkanes) is 2. The molecule has 0 amide bonds. The Bertz CT molecular complexity index is 418. The van der Waals surface area contributed by atoms with Gasteiger partial charge in [-0.05, 0) is 35.9 Å². The molecule has 0 spiro atoms. The molecule has 160 valence electrons. The lowest BCUT2D eigenvalue weighted by Gasteiger charge is -2.45. The summed E-state index contributed by atoms with van der Waals surface area (Å²) in [5, 5.41) is 0.0391. The minimum absolute atomic E-state index is 0.0391. The summed E-state index contributed by atoms with van der Waals surface area (Å²) in [6.45, 7) is 21.7. The van der Waals surface area contributed by atoms with Gasteiger partial charge >= 0.3 is 5.97 Å². The van der Waals surface area contributed by atoms with Gasteiger partial charge in [-0.15, -0.1) is 0 Å². The van der Waals surface area contributed by atoms with Crippen LogP contribution in [0.5, 0.6) is 0 Å². The molecule has 0 aromatic rings. The summed E-state index contributed by atoms with van der Waals surface area (Å²) in [5.74, 6) is 1.17. The fraction of sp³-hybridized carbons (Fsp3) is 0.875. The lowest BCUT2D eigenvalue weighted by atomic mass is 10.0. The number of hydrogen-bond donors (Lipinski definition) is 0. The lowest BCUT2D eigenvalue weighted by Crippen LogP contribution is -2.51. The number of carbonyl (C=O) groups is 1. The van der Waals surface area contributed by atoms with E-state index in [1.54, 1.807) is 6.92 Å². The van der Waals surface area contributed by atoms with Gasteiger partial charge < -0.3 is 4.43 Å². The van der Waals surface area contributed by atoms with Gasteiger partial charge in [0.05, 0.1) is 0 Å². The van der Waals surface area contributed by atoms with Crippen LogP contribution in [0.3, 0.4) is 0 Å². The molecule has 0 bridgehead atoms. The smallest absolute Gasteiger partial charge is 0.319 e. The predicted molar refractivity (Wildman–Crippen MR) is 123 cm³/mol. The van der Waals surface area contributed by atoms with E-state index in [2.05, 4.69) is 55.0 Å². The largest absolute Gasteiger partial charge is 0.515 e. The minimum Gasteiger partial charge on any atom is -0.515 e. The quantitative estimate of drug-likeness (QED) is 0.218. The van der Waals surface area contributed by atoms with Gasteiger partial charge in [0, 0.05) is 5.57 Å². The van der Waals surface area contributed by atoms with Crippen molar-refractivity contribution in [3.8, 4) is 0 Å². The van der Waals surface area contributed by atoms with Crippen LogP contribution in [0.4, 0.5) is 0 Å². The Morgan fingerprint density at radius 3 is 1.59 bits per heavy atom. The molecule has 0 saturated carbocycles. The maximum atomic E-state index is 12.7. The second-order valence-corrected chi connectivity index (χ2v) is 14.2. The molecule has 2 unspecified atom stereocenters. The second kappa shape index (κ2) is 12.8. The van der Waals surface area contributed by atoms with Crippen molar-refractivity contribution in [2.75, 3.05) is 0 Å². The Morgan fingerprint density at radius 1 is 0.926 bits per heavy atom. The van der Waals surface area contributed by atoms with Crippen LogP contribution < -0.4 is 0 Å². The maximum absolute atomic E-state index is 12.7. The molecular formula is C24H48O2Si. The third-order valence-corrected chi connectivity index (χ3v) is 12.1. The summed E-state index contributed by atoms with van der Waals surface area (Å²) in [5.41, 5.74) is 0.541. The first-order valence-corrected chi connectivity index (χ1v) is 13.8. The highest BCUT2D eigenvalue weighted by Gasteiger charge is 2.51. The minimum atomic E-state index is -2.30. The van der Waals surface area contributed by atoms with Crippen LogP contribution in [0.2, 0.25) is 17.1 Å². The van der Waals surface area contributed by atoms with Crippen LogP contribution in [0.15, 0.2) is 12.2 Å². The van der Waals surface area contributed by atoms with Crippen molar-refractivity contribution >= 4 is 14.3 Å². The zero-order chi connectivity index (χ0) is 21.1. The van der Waals surface area contributed by atoms with Crippen molar-refractivity contribution in [3.63, 3.8) is 0 Å². The molecule has 0 fully saturated rings. The molecule has 0 aromatic carbocycles. The van der Waals surface area contributed by atoms with Crippen LogP contribution in [-0.2, 0) is 9.22 Å². The summed E-state index contributed by atoms with van der Waals surface area (Å²) in [6, 6.07) is 2.21. The highest BCUT2D eigenvalue weighted by atomic mass is 28.4. The van der Waals surface area contributed by atoms with E-state index in [9.17, 15) is 4.79 Å². The molecule has 2 atom stereocenters. The summed E-state index contributed by atoms with van der Waals surface area (Å²) >= 11 is 0. The van der Waals surface area contributed by atoms with Crippen molar-refractivity contribution in [3.05, 3.63) is 12.2 Å². The van der Waals surface area contributed by atoms with E-state index in [1.165, 1.54) is 51.4 Å². The average Bonchev–Trinajstić information content (AvgIpc) is 2.60. The third kappa shape index (κ3) is 8.98. The molecule has 0 aromatic heterocycles. The maximum Gasteiger partial charge on any atom is 0.319 e. The number of carbonyl (C=O) groups excluding carboxylic acids is 1. The average molecular weight is 397 g/mol. The van der Waals surface area contributed by atoms with Crippen molar-refractivity contribution in [2.24, 2.45) is 11.8 Å². The molecule has 0 rings (SSSR count). The van der Waals surface area contributed by atoms with E-state index in [4.69, 9.17) is 4.43 Å². The van der Waals surface area contributed by atoms with E-state index < -0.39 is 8.32 Å². The summed E-state index contributed by atoms with van der Waals surface area (Å²) < 4.78 is 6.49. The van der Waals surface area contributed by atoms with Crippen LogP contribution >= 0.6 is 0 Å². The Morgan fingerprint density at radius 2 is 1.33 bits per heavy atom. The molecule has 0 heterocycles. The topological polar surface area (TPSA) is 26.3 Å². The molecule has 0 aliphatic rings. The molecule has 2 nitrogen and oxygen atoms in total. The highest BCUT2D eigenvalue weighted by molar-refractivity contribution is 6.78. The summed E-state index contributed by atoms with van der Waals surface area (Å²) in [7, 11) is -2.30. The normalized spacial score (nSPS) is 16.4. The standard InChI is InChI=1S/C24H48O2Si/c1-10-14-16-21(12-3)18-27(24(7,8)9,26-23(25)20(5)6)19-22(13-4)17-15-11-2/h21-22H,5,10-19H2,1-4,6-9H3. The van der Waals surface area contributed by atoms with Crippen LogP contribution in [-0.4, -0.2) is 14.3 Å². The predicted octanol–water partition coefficient (Wildman–Crippen LogP) is 8.28. The number of rotatable bonds is 14. The molecular weight excluding hydrogens is 348 g/mol. The van der Waals surface area contributed by atoms with Crippen LogP contribution in [0, 0.1) is 11.8 Å². The molecule has 3 heteroatoms. The van der Waals surface area contributed by atoms with Gasteiger partial charge in [0.1, 0.15) is 0 Å². The van der Waals surface area contributed by atoms with E-state index >= 15 is 0 Å². The summed E-state index contributed by atoms with van der Waals surface area (Å²) in [6.07, 6.45) is 9.90. The monoisotopic (exact) mass is 396 g/mol. The Balaban J connectivity index is 5.85. The molecule has 0 radical (unpaired) electrons. The SMILES string of the molecule is C=C(C)C(=O)O[Si](CC(CC)CCCC)(CC(CC)CCCC)C(C)(C)C. The van der Waals surface area contributed by atoms with Gasteiger partial charge in [-0.2, -0.15) is 0 Å². The first-order chi connectivity index (χ1) is 12.6. The van der Waals surface area contributed by atoms with E-state index in [0.29, 0.717) is 17.4 Å². The van der Waals surface area contributed by atoms with E-state index in [-0.39, 0.29) is 11.0 Å². The zero-order valence-corrected chi connectivity index (χ0v) is 20.7. The number of hydrogen-bond acceptors (Lipinski definition) is 2. The fourth-order valence-corrected chi connectivity index (χ4v) is 9.26. The van der Waals surface area contributed by atoms with Gasteiger partial charge in [0.15, 0.2) is 0 Å². The van der Waals surface area contributed by atoms with Crippen LogP contribution in [0.25, 0.3) is 0 Å². The molecule has 27 heavy (non-hydrogen) atoms. The van der Waals surface area contributed by atoms with Gasteiger partial charge in [-0.1, -0.05) is 106 Å². The Hall–Kier alpha value is -0.573. The first kappa shape index (κ1) is 26.4. The summed E-state index contributed by atoms with van der Waals surface area (Å²) in [4.78, 5) is 12.7. The third-order valence-electron chi connectivity index (χ3n) is 6.33. The first-order valence-electron chi connectivity index (χ1n) is 11.5. The van der Waals surface area contributed by atoms with Crippen molar-refractivity contribution < 1.29 is 9.22 Å². The van der Waals surface area contributed by atoms with Gasteiger partial charge in [-0.3, -0.25) is 0 Å². The van der Waals surface area contributed by atoms with Gasteiger partial charge in [0.2, 0.25) is 0 Å². The highest BCUT2D eigenvalue weighted by Crippen LogP contribution is 2.48. The zero-order valence-electron chi connectivity index (χ0n) is 19.7. The lowest BCUT2D eigenvalue weighted by molar-refractivity contribution is -0.131. The van der Waals surface area contributed by atoms with Crippen molar-refractivity contribution in [1.82, 2.24) is 0 Å². The van der Waals surface area contributed by atoms with Gasteiger partial charge in [-0.25, -0.2) is 4.79 Å². The van der Waals surface area contributed by atoms with E-state index in [0.717, 1.165) is 12.1 Å². The molecule has 0 aliphatic heterocycles. The van der Waals surface area contributed by atoms with Crippen LogP contribution in [0.1, 0.15) is 107 Å². The Kier molecular flexibility index (Phi) is 12.5. The molecule has 0 N–H and O–H groups in total. The molecule has 0 aliphatic carbocycles. The van der Waals surface area contributed by atoms with Crippen molar-refractivity contribution in [1.29, 1.82) is 0 Å². The molecule has 0 saturated heterocycles. The van der Waals surface area contributed by atoms with Gasteiger partial charge in [0.25, 0.3) is 8.32 Å². The van der Waals surface area contributed by atoms with E-state index in [1.807, 2.05) is 0 Å².